The third-order valence-corrected chi connectivity index (χ3v) is 2.18. The zero-order chi connectivity index (χ0) is 10.7. The summed E-state index contributed by atoms with van der Waals surface area (Å²) < 4.78 is 18.0. The molecule has 2 nitrogen and oxygen atoms in total. The Kier molecular flexibility index (Phi) is 3.36. The average Bonchev–Trinajstić information content (AvgIpc) is 2.20. The molecule has 3 heteroatoms. The molecule has 0 aliphatic rings. The quantitative estimate of drug-likeness (QED) is 0.693. The third-order valence-electron chi connectivity index (χ3n) is 2.18. The molecule has 0 fully saturated rings. The smallest absolute Gasteiger partial charge is 0.191 e. The predicted octanol–water partition coefficient (Wildman–Crippen LogP) is 2.35. The molecule has 1 atom stereocenters. The van der Waals surface area contributed by atoms with E-state index in [1.165, 1.54) is 13.2 Å². The zero-order valence-electron chi connectivity index (χ0n) is 8.50. The molecule has 0 aliphatic carbocycles. The van der Waals surface area contributed by atoms with Gasteiger partial charge in [0.05, 0.1) is 0 Å². The van der Waals surface area contributed by atoms with Gasteiger partial charge in [0, 0.05) is 12.7 Å². The number of methoxy groups -OCH3 is 1. The lowest BCUT2D eigenvalue weighted by Crippen LogP contribution is -2.19. The predicted molar refractivity (Wildman–Crippen MR) is 51.9 cm³/mol. The fourth-order valence-corrected chi connectivity index (χ4v) is 1.09. The Morgan fingerprint density at radius 2 is 2.14 bits per heavy atom. The number of ketones is 1. The molecule has 76 valence electrons. The fourth-order valence-electron chi connectivity index (χ4n) is 1.09. The Morgan fingerprint density at radius 3 is 2.64 bits per heavy atom. The van der Waals surface area contributed by atoms with Crippen LogP contribution in [0.4, 0.5) is 4.39 Å². The highest BCUT2D eigenvalue weighted by Gasteiger charge is 2.14. The molecule has 1 unspecified atom stereocenters. The first kappa shape index (κ1) is 10.9. The van der Waals surface area contributed by atoms with E-state index in [0.29, 0.717) is 11.1 Å². The van der Waals surface area contributed by atoms with E-state index in [0.717, 1.165) is 0 Å². The van der Waals surface area contributed by atoms with Crippen LogP contribution in [-0.4, -0.2) is 19.0 Å². The Bertz CT molecular complexity index is 347. The van der Waals surface area contributed by atoms with E-state index in [1.54, 1.807) is 26.0 Å². The van der Waals surface area contributed by atoms with Gasteiger partial charge in [-0.05, 0) is 25.5 Å². The molecule has 1 rings (SSSR count). The van der Waals surface area contributed by atoms with Crippen molar-refractivity contribution in [2.24, 2.45) is 0 Å². The average molecular weight is 196 g/mol. The minimum Gasteiger partial charge on any atom is -0.374 e. The highest BCUT2D eigenvalue weighted by atomic mass is 19.1. The first-order valence-electron chi connectivity index (χ1n) is 4.39. The van der Waals surface area contributed by atoms with Crippen molar-refractivity contribution in [1.82, 2.24) is 0 Å². The van der Waals surface area contributed by atoms with Gasteiger partial charge in [-0.2, -0.15) is 0 Å². The lowest BCUT2D eigenvalue weighted by atomic mass is 10.1. The summed E-state index contributed by atoms with van der Waals surface area (Å²) in [5.74, 6) is -0.564. The summed E-state index contributed by atoms with van der Waals surface area (Å²) in [7, 11) is 1.45. The Hall–Kier alpha value is -1.22. The van der Waals surface area contributed by atoms with Crippen LogP contribution in [0.5, 0.6) is 0 Å². The van der Waals surface area contributed by atoms with E-state index < -0.39 is 6.10 Å². The Morgan fingerprint density at radius 1 is 1.50 bits per heavy atom. The van der Waals surface area contributed by atoms with Crippen molar-refractivity contribution in [2.75, 3.05) is 7.11 Å². The van der Waals surface area contributed by atoms with Gasteiger partial charge in [-0.3, -0.25) is 4.79 Å². The topological polar surface area (TPSA) is 26.3 Å². The van der Waals surface area contributed by atoms with Crippen molar-refractivity contribution in [1.29, 1.82) is 0 Å². The number of aryl methyl sites for hydroxylation is 1. The Labute approximate surface area is 82.7 Å². The second-order valence-corrected chi connectivity index (χ2v) is 3.21. The van der Waals surface area contributed by atoms with Crippen molar-refractivity contribution in [2.45, 2.75) is 20.0 Å². The van der Waals surface area contributed by atoms with Crippen LogP contribution in [-0.2, 0) is 4.74 Å². The van der Waals surface area contributed by atoms with Crippen LogP contribution in [0.3, 0.4) is 0 Å². The molecule has 14 heavy (non-hydrogen) atoms. The van der Waals surface area contributed by atoms with Crippen molar-refractivity contribution in [3.8, 4) is 0 Å². The Balaban J connectivity index is 2.97. The van der Waals surface area contributed by atoms with Gasteiger partial charge in [-0.25, -0.2) is 4.39 Å². The fraction of sp³-hybridized carbons (Fsp3) is 0.364. The number of hydrogen-bond donors (Lipinski definition) is 0. The standard InChI is InChI=1S/C11H13FO2/c1-7-4-5-9(6-10(7)12)11(13)8(2)14-3/h4-6,8H,1-3H3. The molecule has 0 radical (unpaired) electrons. The van der Waals surface area contributed by atoms with E-state index in [9.17, 15) is 9.18 Å². The summed E-state index contributed by atoms with van der Waals surface area (Å²) in [6.45, 7) is 3.30. The first-order chi connectivity index (χ1) is 6.56. The van der Waals surface area contributed by atoms with Gasteiger partial charge in [0.25, 0.3) is 0 Å². The molecule has 0 aromatic heterocycles. The summed E-state index contributed by atoms with van der Waals surface area (Å²) in [5.41, 5.74) is 0.883. The molecule has 0 bridgehead atoms. The lowest BCUT2D eigenvalue weighted by Gasteiger charge is -2.08. The maximum Gasteiger partial charge on any atom is 0.191 e. The molecule has 0 heterocycles. The number of halogens is 1. The second-order valence-electron chi connectivity index (χ2n) is 3.21. The monoisotopic (exact) mass is 196 g/mol. The maximum atomic E-state index is 13.1. The van der Waals surface area contributed by atoms with Gasteiger partial charge < -0.3 is 4.74 Å². The minimum atomic E-state index is -0.530. The first-order valence-corrected chi connectivity index (χ1v) is 4.39. The van der Waals surface area contributed by atoms with Crippen LogP contribution >= 0.6 is 0 Å². The molecule has 0 spiro atoms. The molecule has 1 aromatic rings. The van der Waals surface area contributed by atoms with Crippen LogP contribution in [0.25, 0.3) is 0 Å². The molecule has 0 saturated carbocycles. The lowest BCUT2D eigenvalue weighted by molar-refractivity contribution is 0.0655. The SMILES string of the molecule is COC(C)C(=O)c1ccc(C)c(F)c1. The van der Waals surface area contributed by atoms with Crippen molar-refractivity contribution in [3.05, 3.63) is 35.1 Å². The highest BCUT2D eigenvalue weighted by molar-refractivity contribution is 5.99. The molecule has 0 aliphatic heterocycles. The maximum absolute atomic E-state index is 13.1. The molecule has 1 aromatic carbocycles. The number of hydrogen-bond acceptors (Lipinski definition) is 2. The van der Waals surface area contributed by atoms with Crippen molar-refractivity contribution >= 4 is 5.78 Å². The highest BCUT2D eigenvalue weighted by Crippen LogP contribution is 2.11. The van der Waals surface area contributed by atoms with Gasteiger partial charge in [0.15, 0.2) is 5.78 Å². The van der Waals surface area contributed by atoms with Crippen molar-refractivity contribution < 1.29 is 13.9 Å². The van der Waals surface area contributed by atoms with E-state index in [4.69, 9.17) is 4.74 Å². The summed E-state index contributed by atoms with van der Waals surface area (Å²) >= 11 is 0. The molecular formula is C11H13FO2. The van der Waals surface area contributed by atoms with Gasteiger partial charge >= 0.3 is 0 Å². The molecule has 0 amide bonds. The minimum absolute atomic E-state index is 0.202. The van der Waals surface area contributed by atoms with Crippen LogP contribution in [0, 0.1) is 12.7 Å². The summed E-state index contributed by atoms with van der Waals surface area (Å²) in [4.78, 5) is 11.5. The van der Waals surface area contributed by atoms with Gasteiger partial charge in [0.2, 0.25) is 0 Å². The van der Waals surface area contributed by atoms with Crippen LogP contribution < -0.4 is 0 Å². The summed E-state index contributed by atoms with van der Waals surface area (Å²) in [6.07, 6.45) is -0.530. The third kappa shape index (κ3) is 2.17. The normalized spacial score (nSPS) is 12.6. The zero-order valence-corrected chi connectivity index (χ0v) is 8.50. The largest absolute Gasteiger partial charge is 0.374 e. The van der Waals surface area contributed by atoms with Crippen LogP contribution in [0.15, 0.2) is 18.2 Å². The van der Waals surface area contributed by atoms with Crippen LogP contribution in [0.1, 0.15) is 22.8 Å². The number of ether oxygens (including phenoxy) is 1. The van der Waals surface area contributed by atoms with Crippen LogP contribution in [0.2, 0.25) is 0 Å². The summed E-state index contributed by atoms with van der Waals surface area (Å²) in [5, 5.41) is 0. The number of carbonyl (C=O) groups is 1. The number of benzene rings is 1. The van der Waals surface area contributed by atoms with Crippen molar-refractivity contribution in [3.63, 3.8) is 0 Å². The van der Waals surface area contributed by atoms with Gasteiger partial charge in [-0.15, -0.1) is 0 Å². The number of carbonyl (C=O) groups excluding carboxylic acids is 1. The van der Waals surface area contributed by atoms with E-state index in [1.807, 2.05) is 0 Å². The molecule has 0 N–H and O–H groups in total. The van der Waals surface area contributed by atoms with Gasteiger partial charge in [-0.1, -0.05) is 12.1 Å². The second kappa shape index (κ2) is 4.33. The number of rotatable bonds is 3. The van der Waals surface area contributed by atoms with E-state index in [2.05, 4.69) is 0 Å². The van der Waals surface area contributed by atoms with E-state index in [-0.39, 0.29) is 11.6 Å². The van der Waals surface area contributed by atoms with E-state index >= 15 is 0 Å². The summed E-state index contributed by atoms with van der Waals surface area (Å²) in [6, 6.07) is 4.44. The molecule has 0 saturated heterocycles. The number of Topliss-reactive ketones (excluding diaryl/α,β-unsaturated/α-hetero) is 1. The van der Waals surface area contributed by atoms with Gasteiger partial charge in [0.1, 0.15) is 11.9 Å². The molecular weight excluding hydrogens is 183 g/mol.